The van der Waals surface area contributed by atoms with Gasteiger partial charge in [-0.25, -0.2) is 4.98 Å². The van der Waals surface area contributed by atoms with Gasteiger partial charge >= 0.3 is 0 Å². The lowest BCUT2D eigenvalue weighted by molar-refractivity contribution is -0.139. The summed E-state index contributed by atoms with van der Waals surface area (Å²) in [7, 11) is 0. The Labute approximate surface area is 192 Å². The van der Waals surface area contributed by atoms with Crippen molar-refractivity contribution in [1.29, 1.82) is 0 Å². The van der Waals surface area contributed by atoms with Crippen molar-refractivity contribution in [2.45, 2.75) is 25.3 Å². The molecule has 0 saturated carbocycles. The van der Waals surface area contributed by atoms with Crippen molar-refractivity contribution in [3.63, 3.8) is 0 Å². The maximum atomic E-state index is 13.3. The van der Waals surface area contributed by atoms with Crippen molar-refractivity contribution in [3.05, 3.63) is 66.2 Å². The summed E-state index contributed by atoms with van der Waals surface area (Å²) in [4.78, 5) is 46.5. The third-order valence-electron chi connectivity index (χ3n) is 5.93. The second kappa shape index (κ2) is 10.9. The Balaban J connectivity index is 1.53. The van der Waals surface area contributed by atoms with E-state index in [-0.39, 0.29) is 24.7 Å². The zero-order chi connectivity index (χ0) is 23.0. The van der Waals surface area contributed by atoms with Crippen LogP contribution in [-0.4, -0.2) is 65.3 Å². The van der Waals surface area contributed by atoms with Gasteiger partial charge in [0.05, 0.1) is 31.2 Å². The fraction of sp³-hybridized carbons (Fsp3) is 0.360. The van der Waals surface area contributed by atoms with Crippen LogP contribution in [0.25, 0.3) is 10.8 Å². The molecule has 1 aromatic heterocycles. The second-order valence-electron chi connectivity index (χ2n) is 8.18. The van der Waals surface area contributed by atoms with Gasteiger partial charge in [0, 0.05) is 32.1 Å². The quantitative estimate of drug-likeness (QED) is 0.521. The molecule has 2 heterocycles. The van der Waals surface area contributed by atoms with Gasteiger partial charge in [0.1, 0.15) is 6.04 Å². The van der Waals surface area contributed by atoms with Crippen LogP contribution in [0.4, 0.5) is 0 Å². The van der Waals surface area contributed by atoms with Gasteiger partial charge in [-0.2, -0.15) is 0 Å². The van der Waals surface area contributed by atoms with Crippen molar-refractivity contribution in [2.24, 2.45) is 5.92 Å². The van der Waals surface area contributed by atoms with Crippen LogP contribution >= 0.6 is 0 Å². The molecule has 33 heavy (non-hydrogen) atoms. The molecule has 1 aliphatic rings. The van der Waals surface area contributed by atoms with E-state index in [0.29, 0.717) is 38.4 Å². The van der Waals surface area contributed by atoms with E-state index in [1.54, 1.807) is 11.1 Å². The summed E-state index contributed by atoms with van der Waals surface area (Å²) >= 11 is 0. The lowest BCUT2D eigenvalue weighted by Crippen LogP contribution is -2.45. The Bertz CT molecular complexity index is 1090. The highest BCUT2D eigenvalue weighted by molar-refractivity contribution is 5.89. The second-order valence-corrected chi connectivity index (χ2v) is 8.18. The molecule has 4 rings (SSSR count). The highest BCUT2D eigenvalue weighted by Crippen LogP contribution is 2.23. The number of ether oxygens (including phenoxy) is 1. The first-order valence-corrected chi connectivity index (χ1v) is 11.1. The van der Waals surface area contributed by atoms with Gasteiger partial charge in [0.2, 0.25) is 18.1 Å². The summed E-state index contributed by atoms with van der Waals surface area (Å²) in [5, 5.41) is 4.89. The summed E-state index contributed by atoms with van der Waals surface area (Å²) in [6.45, 7) is 2.03. The molecule has 1 aliphatic heterocycles. The number of aromatic amines is 1. The molecule has 1 fully saturated rings. The number of amides is 2. The first kappa shape index (κ1) is 22.7. The Morgan fingerprint density at radius 3 is 2.67 bits per heavy atom. The van der Waals surface area contributed by atoms with Crippen molar-refractivity contribution in [3.8, 4) is 0 Å². The topological polar surface area (TPSA) is 104 Å². The molecule has 1 saturated heterocycles. The number of H-pyrrole nitrogens is 1. The molecule has 8 heteroatoms. The molecule has 8 nitrogen and oxygen atoms in total. The Kier molecular flexibility index (Phi) is 7.47. The van der Waals surface area contributed by atoms with E-state index in [9.17, 15) is 14.4 Å². The number of hydrogen-bond acceptors (Lipinski definition) is 5. The van der Waals surface area contributed by atoms with E-state index in [4.69, 9.17) is 4.74 Å². The van der Waals surface area contributed by atoms with E-state index in [2.05, 4.69) is 15.3 Å². The van der Waals surface area contributed by atoms with Crippen molar-refractivity contribution in [1.82, 2.24) is 20.2 Å². The average Bonchev–Trinajstić information content (AvgIpc) is 3.37. The summed E-state index contributed by atoms with van der Waals surface area (Å²) in [6.07, 6.45) is 5.76. The Hall–Kier alpha value is -3.52. The van der Waals surface area contributed by atoms with E-state index in [1.165, 1.54) is 6.33 Å². The average molecular weight is 448 g/mol. The lowest BCUT2D eigenvalue weighted by Gasteiger charge is -2.28. The van der Waals surface area contributed by atoms with E-state index >= 15 is 0 Å². The number of rotatable bonds is 9. The maximum absolute atomic E-state index is 13.3. The molecule has 1 unspecified atom stereocenters. The smallest absolute Gasteiger partial charge is 0.224 e. The number of carbonyl (C=O) groups excluding carboxylic acids is 3. The largest absolute Gasteiger partial charge is 0.378 e. The number of nitrogens with zero attached hydrogens (tertiary/aromatic N) is 2. The number of fused-ring (bicyclic) bond motifs is 1. The molecule has 2 N–H and O–H groups in total. The Morgan fingerprint density at radius 1 is 1.12 bits per heavy atom. The standard InChI is InChI=1S/C25H27N4O4/c30-16-22(14-21-15-26-17-27-21)28-25(32)20(13-24(31)29-8-10-33-11-9-29)12-19-6-3-5-18-4-1-2-7-23(18)19/h1-7,15,17,20,22H,8-14H2,(H,26,27)(H,28,32)/t20?,22-/m0/s1. The number of hydrogen-bond donors (Lipinski definition) is 2. The van der Waals surface area contributed by atoms with Gasteiger partial charge in [0.15, 0.2) is 0 Å². The molecule has 3 aromatic rings. The molecule has 0 bridgehead atoms. The predicted molar refractivity (Wildman–Crippen MR) is 123 cm³/mol. The molecule has 2 aromatic carbocycles. The van der Waals surface area contributed by atoms with Crippen LogP contribution < -0.4 is 5.32 Å². The molecule has 2 amide bonds. The predicted octanol–water partition coefficient (Wildman–Crippen LogP) is 1.81. The van der Waals surface area contributed by atoms with E-state index in [1.807, 2.05) is 48.8 Å². The fourth-order valence-corrected chi connectivity index (χ4v) is 4.17. The Morgan fingerprint density at radius 2 is 1.91 bits per heavy atom. The summed E-state index contributed by atoms with van der Waals surface area (Å²) < 4.78 is 5.34. The van der Waals surface area contributed by atoms with Crippen molar-refractivity contribution in [2.75, 3.05) is 26.3 Å². The summed E-state index contributed by atoms with van der Waals surface area (Å²) in [6, 6.07) is 13.1. The van der Waals surface area contributed by atoms with E-state index < -0.39 is 12.0 Å². The molecule has 0 aliphatic carbocycles. The summed E-state index contributed by atoms with van der Waals surface area (Å²) in [5.41, 5.74) is 1.64. The zero-order valence-corrected chi connectivity index (χ0v) is 18.3. The van der Waals surface area contributed by atoms with Crippen LogP contribution in [0.15, 0.2) is 55.0 Å². The lowest BCUT2D eigenvalue weighted by atomic mass is 9.91. The third-order valence-corrected chi connectivity index (χ3v) is 5.93. The molecule has 1 radical (unpaired) electrons. The molecular weight excluding hydrogens is 420 g/mol. The molecule has 171 valence electrons. The van der Waals surface area contributed by atoms with Gasteiger partial charge in [-0.3, -0.25) is 14.4 Å². The highest BCUT2D eigenvalue weighted by Gasteiger charge is 2.28. The molecular formula is C25H27N4O4. The van der Waals surface area contributed by atoms with Gasteiger partial charge in [-0.05, 0) is 22.8 Å². The molecule has 0 spiro atoms. The first-order chi connectivity index (χ1) is 16.1. The van der Waals surface area contributed by atoms with Crippen molar-refractivity contribution < 1.29 is 19.1 Å². The number of benzene rings is 2. The number of carbonyl (C=O) groups is 2. The zero-order valence-electron chi connectivity index (χ0n) is 18.3. The van der Waals surface area contributed by atoms with Gasteiger partial charge in [0.25, 0.3) is 0 Å². The highest BCUT2D eigenvalue weighted by atomic mass is 16.5. The minimum atomic E-state index is -0.839. The SMILES string of the molecule is O=[C][C@H](Cc1c[nH]cn1)NC(=O)C(CC(=O)N1CCOCC1)Cc1cccc2ccccc12. The third kappa shape index (κ3) is 5.84. The fourth-order valence-electron chi connectivity index (χ4n) is 4.17. The van der Waals surface area contributed by atoms with Gasteiger partial charge in [-0.15, -0.1) is 0 Å². The number of imidazole rings is 1. The first-order valence-electron chi connectivity index (χ1n) is 11.1. The maximum Gasteiger partial charge on any atom is 0.224 e. The number of aromatic nitrogens is 2. The normalized spacial score (nSPS) is 15.7. The van der Waals surface area contributed by atoms with Gasteiger partial charge < -0.3 is 19.9 Å². The van der Waals surface area contributed by atoms with Crippen LogP contribution in [0.2, 0.25) is 0 Å². The van der Waals surface area contributed by atoms with Gasteiger partial charge in [-0.1, -0.05) is 42.5 Å². The van der Waals surface area contributed by atoms with Crippen LogP contribution in [0.5, 0.6) is 0 Å². The molecule has 2 atom stereocenters. The van der Waals surface area contributed by atoms with Crippen LogP contribution in [-0.2, 0) is 32.0 Å². The number of nitrogens with one attached hydrogen (secondary N) is 2. The van der Waals surface area contributed by atoms with Crippen LogP contribution in [0.1, 0.15) is 17.7 Å². The van der Waals surface area contributed by atoms with Crippen LogP contribution in [0.3, 0.4) is 0 Å². The van der Waals surface area contributed by atoms with Crippen molar-refractivity contribution >= 4 is 28.9 Å². The monoisotopic (exact) mass is 447 g/mol. The van der Waals surface area contributed by atoms with Crippen LogP contribution in [0, 0.1) is 5.92 Å². The van der Waals surface area contributed by atoms with E-state index in [0.717, 1.165) is 16.3 Å². The minimum absolute atomic E-state index is 0.0586. The number of morpholine rings is 1. The summed E-state index contributed by atoms with van der Waals surface area (Å²) in [5.74, 6) is -1.05. The minimum Gasteiger partial charge on any atom is -0.378 e.